The zero-order valence-corrected chi connectivity index (χ0v) is 15.5. The molecule has 1 amide bonds. The summed E-state index contributed by atoms with van der Waals surface area (Å²) in [6, 6.07) is 7.20. The van der Waals surface area contributed by atoms with Crippen LogP contribution in [0.15, 0.2) is 44.9 Å². The number of carbonyl (C=O) groups is 1. The SMILES string of the molecule is Cc1ccccc1NC(=O)CCNS(=O)(=O)c1cn(C)c(=O)n(C)c1=O. The van der Waals surface area contributed by atoms with Crippen LogP contribution in [0.3, 0.4) is 0 Å². The molecule has 1 heterocycles. The Labute approximate surface area is 150 Å². The minimum atomic E-state index is -4.15. The van der Waals surface area contributed by atoms with Crippen molar-refractivity contribution < 1.29 is 13.2 Å². The van der Waals surface area contributed by atoms with E-state index in [1.165, 1.54) is 14.1 Å². The molecule has 1 aromatic heterocycles. The fraction of sp³-hybridized carbons (Fsp3) is 0.312. The molecular weight excluding hydrogens is 360 g/mol. The van der Waals surface area contributed by atoms with Gasteiger partial charge in [0.25, 0.3) is 5.56 Å². The van der Waals surface area contributed by atoms with Gasteiger partial charge in [0, 0.05) is 38.9 Å². The Morgan fingerprint density at radius 3 is 2.46 bits per heavy atom. The number of benzene rings is 1. The van der Waals surface area contributed by atoms with Crippen molar-refractivity contribution in [1.82, 2.24) is 13.9 Å². The first-order chi connectivity index (χ1) is 12.1. The maximum atomic E-state index is 12.3. The summed E-state index contributed by atoms with van der Waals surface area (Å²) in [6.07, 6.45) is 0.847. The number of sulfonamides is 1. The van der Waals surface area contributed by atoms with E-state index in [1.807, 2.05) is 19.1 Å². The highest BCUT2D eigenvalue weighted by atomic mass is 32.2. The van der Waals surface area contributed by atoms with Crippen LogP contribution in [0.2, 0.25) is 0 Å². The van der Waals surface area contributed by atoms with Crippen LogP contribution in [0.1, 0.15) is 12.0 Å². The van der Waals surface area contributed by atoms with Gasteiger partial charge in [-0.1, -0.05) is 18.2 Å². The fourth-order valence-corrected chi connectivity index (χ4v) is 3.45. The third-order valence-electron chi connectivity index (χ3n) is 3.77. The molecule has 0 saturated carbocycles. The fourth-order valence-electron chi connectivity index (χ4n) is 2.26. The largest absolute Gasteiger partial charge is 0.330 e. The second-order valence-corrected chi connectivity index (χ2v) is 7.50. The number of carbonyl (C=O) groups excluding carboxylic acids is 1. The van der Waals surface area contributed by atoms with Crippen molar-refractivity contribution in [3.05, 3.63) is 56.9 Å². The van der Waals surface area contributed by atoms with E-state index >= 15 is 0 Å². The number of nitrogens with one attached hydrogen (secondary N) is 2. The molecule has 2 rings (SSSR count). The van der Waals surface area contributed by atoms with Crippen LogP contribution < -0.4 is 21.3 Å². The van der Waals surface area contributed by atoms with Crippen LogP contribution in [0.5, 0.6) is 0 Å². The van der Waals surface area contributed by atoms with E-state index in [2.05, 4.69) is 10.0 Å². The lowest BCUT2D eigenvalue weighted by Crippen LogP contribution is -2.41. The van der Waals surface area contributed by atoms with Gasteiger partial charge in [-0.15, -0.1) is 0 Å². The molecule has 1 aromatic carbocycles. The first kappa shape index (κ1) is 19.6. The highest BCUT2D eigenvalue weighted by Gasteiger charge is 2.21. The lowest BCUT2D eigenvalue weighted by molar-refractivity contribution is -0.116. The molecule has 0 aliphatic carbocycles. The number of aromatic nitrogens is 2. The third kappa shape index (κ3) is 4.27. The number of amides is 1. The molecule has 0 atom stereocenters. The number of para-hydroxylation sites is 1. The van der Waals surface area contributed by atoms with Crippen molar-refractivity contribution in [3.8, 4) is 0 Å². The Morgan fingerprint density at radius 1 is 1.15 bits per heavy atom. The number of anilines is 1. The first-order valence-electron chi connectivity index (χ1n) is 7.75. The van der Waals surface area contributed by atoms with Gasteiger partial charge in [0.15, 0.2) is 4.90 Å². The molecule has 0 aliphatic heterocycles. The molecule has 26 heavy (non-hydrogen) atoms. The monoisotopic (exact) mass is 380 g/mol. The van der Waals surface area contributed by atoms with Crippen molar-refractivity contribution in [2.45, 2.75) is 18.2 Å². The molecule has 10 heteroatoms. The standard InChI is InChI=1S/C16H20N4O5S/c1-11-6-4-5-7-12(11)18-14(21)8-9-17-26(24,25)13-10-19(2)16(23)20(3)15(13)22/h4-7,10,17H,8-9H2,1-3H3,(H,18,21). The number of nitrogens with zero attached hydrogens (tertiary/aromatic N) is 2. The summed E-state index contributed by atoms with van der Waals surface area (Å²) in [5.41, 5.74) is -0.0288. The Morgan fingerprint density at radius 2 is 1.81 bits per heavy atom. The van der Waals surface area contributed by atoms with E-state index < -0.39 is 26.2 Å². The summed E-state index contributed by atoms with van der Waals surface area (Å²) < 4.78 is 28.5. The van der Waals surface area contributed by atoms with Crippen LogP contribution in [-0.2, 0) is 28.9 Å². The van der Waals surface area contributed by atoms with Crippen molar-refractivity contribution in [1.29, 1.82) is 0 Å². The van der Waals surface area contributed by atoms with Gasteiger partial charge in [0.05, 0.1) is 0 Å². The highest BCUT2D eigenvalue weighted by molar-refractivity contribution is 7.89. The summed E-state index contributed by atoms with van der Waals surface area (Å²) in [6.45, 7) is 1.65. The van der Waals surface area contributed by atoms with Crippen LogP contribution in [0.25, 0.3) is 0 Å². The molecule has 2 N–H and O–H groups in total. The average molecular weight is 380 g/mol. The Hall–Kier alpha value is -2.72. The van der Waals surface area contributed by atoms with Gasteiger partial charge in [-0.2, -0.15) is 0 Å². The molecule has 0 saturated heterocycles. The molecule has 0 bridgehead atoms. The molecule has 0 unspecified atom stereocenters. The van der Waals surface area contributed by atoms with Crippen molar-refractivity contribution in [2.24, 2.45) is 14.1 Å². The van der Waals surface area contributed by atoms with Gasteiger partial charge in [0.1, 0.15) is 0 Å². The molecule has 140 valence electrons. The van der Waals surface area contributed by atoms with Crippen LogP contribution >= 0.6 is 0 Å². The van der Waals surface area contributed by atoms with E-state index in [-0.39, 0.29) is 18.9 Å². The summed E-state index contributed by atoms with van der Waals surface area (Å²) in [7, 11) is -1.61. The van der Waals surface area contributed by atoms with E-state index in [0.717, 1.165) is 16.3 Å². The van der Waals surface area contributed by atoms with Crippen molar-refractivity contribution >= 4 is 21.6 Å². The molecule has 0 aliphatic rings. The van der Waals surface area contributed by atoms with Crippen LogP contribution in [0, 0.1) is 6.92 Å². The van der Waals surface area contributed by atoms with Gasteiger partial charge >= 0.3 is 5.69 Å². The summed E-state index contributed by atoms with van der Waals surface area (Å²) in [4.78, 5) is 35.0. The number of hydrogen-bond acceptors (Lipinski definition) is 5. The van der Waals surface area contributed by atoms with Gasteiger partial charge in [-0.05, 0) is 18.6 Å². The van der Waals surface area contributed by atoms with Crippen LogP contribution in [-0.4, -0.2) is 30.0 Å². The summed E-state index contributed by atoms with van der Waals surface area (Å²) in [5, 5.41) is 2.69. The minimum Gasteiger partial charge on any atom is -0.326 e. The highest BCUT2D eigenvalue weighted by Crippen LogP contribution is 2.13. The number of aryl methyl sites for hydroxylation is 2. The predicted octanol–water partition coefficient (Wildman–Crippen LogP) is -0.300. The van der Waals surface area contributed by atoms with Crippen LogP contribution in [0.4, 0.5) is 5.69 Å². The van der Waals surface area contributed by atoms with E-state index in [9.17, 15) is 22.8 Å². The molecule has 0 fully saturated rings. The first-order valence-corrected chi connectivity index (χ1v) is 9.23. The Balaban J connectivity index is 2.05. The van der Waals surface area contributed by atoms with Gasteiger partial charge in [-0.3, -0.25) is 14.2 Å². The molecule has 0 spiro atoms. The third-order valence-corrected chi connectivity index (χ3v) is 5.21. The zero-order valence-electron chi connectivity index (χ0n) is 14.6. The number of rotatable bonds is 6. The maximum absolute atomic E-state index is 12.3. The van der Waals surface area contributed by atoms with Gasteiger partial charge in [0.2, 0.25) is 15.9 Å². The smallest absolute Gasteiger partial charge is 0.326 e. The normalized spacial score (nSPS) is 11.3. The quantitative estimate of drug-likeness (QED) is 0.713. The lowest BCUT2D eigenvalue weighted by Gasteiger charge is -2.10. The second-order valence-electron chi connectivity index (χ2n) is 5.76. The van der Waals surface area contributed by atoms with Crippen molar-refractivity contribution in [2.75, 3.05) is 11.9 Å². The summed E-state index contributed by atoms with van der Waals surface area (Å²) in [5.74, 6) is -0.365. The number of hydrogen-bond donors (Lipinski definition) is 2. The second kappa shape index (κ2) is 7.67. The maximum Gasteiger partial charge on any atom is 0.330 e. The minimum absolute atomic E-state index is 0.111. The zero-order chi connectivity index (χ0) is 19.5. The van der Waals surface area contributed by atoms with E-state index in [4.69, 9.17) is 0 Å². The van der Waals surface area contributed by atoms with Gasteiger partial charge in [-0.25, -0.2) is 17.9 Å². The van der Waals surface area contributed by atoms with E-state index in [1.54, 1.807) is 12.1 Å². The van der Waals surface area contributed by atoms with Crippen molar-refractivity contribution in [3.63, 3.8) is 0 Å². The summed E-state index contributed by atoms with van der Waals surface area (Å²) >= 11 is 0. The van der Waals surface area contributed by atoms with E-state index in [0.29, 0.717) is 10.3 Å². The molecular formula is C16H20N4O5S. The molecule has 2 aromatic rings. The average Bonchev–Trinajstić information content (AvgIpc) is 2.58. The Bertz CT molecular complexity index is 1050. The molecule has 9 nitrogen and oxygen atoms in total. The van der Waals surface area contributed by atoms with Gasteiger partial charge < -0.3 is 9.88 Å². The topological polar surface area (TPSA) is 119 Å². The predicted molar refractivity (Wildman–Crippen MR) is 96.5 cm³/mol. The lowest BCUT2D eigenvalue weighted by atomic mass is 10.2. The molecule has 0 radical (unpaired) electrons. The Kier molecular flexibility index (Phi) is 5.78.